The third kappa shape index (κ3) is 4.29. The van der Waals surface area contributed by atoms with E-state index in [-0.39, 0.29) is 12.4 Å². The topological polar surface area (TPSA) is 63.2 Å². The minimum Gasteiger partial charge on any atom is -0.382 e. The van der Waals surface area contributed by atoms with Gasteiger partial charge in [0.05, 0.1) is 17.9 Å². The van der Waals surface area contributed by atoms with Gasteiger partial charge in [0.1, 0.15) is 11.6 Å². The summed E-state index contributed by atoms with van der Waals surface area (Å²) >= 11 is 5.47. The fourth-order valence-electron chi connectivity index (χ4n) is 2.58. The molecule has 0 bridgehead atoms. The number of nitrogens with one attached hydrogen (secondary N) is 2. The van der Waals surface area contributed by atoms with Gasteiger partial charge in [0.2, 0.25) is 0 Å². The van der Waals surface area contributed by atoms with Crippen LogP contribution in [0.3, 0.4) is 0 Å². The molecule has 0 unspecified atom stereocenters. The molecule has 0 fully saturated rings. The minimum absolute atomic E-state index is 0.0470. The second-order valence-corrected chi connectivity index (χ2v) is 6.15. The standard InChI is InChI=1S/C19H19N3O2S/c1-13-9-20-8-7-14(13)10-21-16-11-24-12-17(23)18(16)19(25)22-15-5-3-2-4-6-15/h2-9,21H,10-12H2,1H3,(H,22,25). The number of aryl methyl sites for hydroxylation is 1. The van der Waals surface area contributed by atoms with E-state index in [9.17, 15) is 4.79 Å². The molecule has 0 spiro atoms. The second-order valence-electron chi connectivity index (χ2n) is 5.75. The van der Waals surface area contributed by atoms with Gasteiger partial charge in [-0.05, 0) is 36.2 Å². The van der Waals surface area contributed by atoms with Crippen LogP contribution >= 0.6 is 12.2 Å². The number of anilines is 1. The summed E-state index contributed by atoms with van der Waals surface area (Å²) in [5.74, 6) is -0.117. The average molecular weight is 353 g/mol. The van der Waals surface area contributed by atoms with E-state index in [2.05, 4.69) is 15.6 Å². The van der Waals surface area contributed by atoms with Crippen molar-refractivity contribution in [1.29, 1.82) is 0 Å². The van der Waals surface area contributed by atoms with E-state index in [0.717, 1.165) is 16.8 Å². The molecule has 1 aliphatic rings. The highest BCUT2D eigenvalue weighted by atomic mass is 32.1. The second kappa shape index (κ2) is 8.00. The maximum absolute atomic E-state index is 12.4. The lowest BCUT2D eigenvalue weighted by Crippen LogP contribution is -2.34. The quantitative estimate of drug-likeness (QED) is 0.806. The lowest BCUT2D eigenvalue weighted by Gasteiger charge is -2.22. The van der Waals surface area contributed by atoms with Gasteiger partial charge in [0.25, 0.3) is 0 Å². The van der Waals surface area contributed by atoms with Crippen LogP contribution in [-0.4, -0.2) is 29.0 Å². The molecule has 25 heavy (non-hydrogen) atoms. The third-order valence-electron chi connectivity index (χ3n) is 3.95. The van der Waals surface area contributed by atoms with E-state index in [1.165, 1.54) is 0 Å². The van der Waals surface area contributed by atoms with Crippen LogP contribution in [0.4, 0.5) is 5.69 Å². The first-order valence-electron chi connectivity index (χ1n) is 7.99. The molecule has 0 saturated heterocycles. The van der Waals surface area contributed by atoms with Crippen LogP contribution < -0.4 is 10.6 Å². The third-order valence-corrected chi connectivity index (χ3v) is 4.25. The van der Waals surface area contributed by atoms with Crippen LogP contribution in [0.15, 0.2) is 60.1 Å². The maximum atomic E-state index is 12.4. The van der Waals surface area contributed by atoms with Crippen molar-refractivity contribution in [1.82, 2.24) is 10.3 Å². The molecule has 2 aromatic rings. The predicted octanol–water partition coefficient (Wildman–Crippen LogP) is 2.77. The summed E-state index contributed by atoms with van der Waals surface area (Å²) in [5.41, 5.74) is 4.26. The zero-order valence-corrected chi connectivity index (χ0v) is 14.7. The first kappa shape index (κ1) is 17.3. The smallest absolute Gasteiger partial charge is 0.193 e. The number of rotatable bonds is 5. The summed E-state index contributed by atoms with van der Waals surface area (Å²) in [6.45, 7) is 2.97. The molecule has 0 aliphatic carbocycles. The molecule has 5 nitrogen and oxygen atoms in total. The Kier molecular flexibility index (Phi) is 5.53. The molecule has 1 aliphatic heterocycles. The Morgan fingerprint density at radius 2 is 2.04 bits per heavy atom. The summed E-state index contributed by atoms with van der Waals surface area (Å²) in [4.78, 5) is 16.9. The zero-order chi connectivity index (χ0) is 17.6. The Labute approximate surface area is 152 Å². The molecule has 0 saturated carbocycles. The van der Waals surface area contributed by atoms with Crippen molar-refractivity contribution in [3.8, 4) is 0 Å². The SMILES string of the molecule is Cc1cnccc1CNC1=C(C(=S)Nc2ccccc2)C(=O)COC1. The van der Waals surface area contributed by atoms with Crippen molar-refractivity contribution < 1.29 is 9.53 Å². The number of benzene rings is 1. The number of aromatic nitrogens is 1. The lowest BCUT2D eigenvalue weighted by molar-refractivity contribution is -0.120. The fourth-order valence-corrected chi connectivity index (χ4v) is 2.93. The van der Waals surface area contributed by atoms with Crippen LogP contribution in [0.5, 0.6) is 0 Å². The van der Waals surface area contributed by atoms with Gasteiger partial charge in [0.15, 0.2) is 5.78 Å². The van der Waals surface area contributed by atoms with Crippen molar-refractivity contribution in [3.05, 3.63) is 71.2 Å². The number of para-hydroxylation sites is 1. The molecule has 2 N–H and O–H groups in total. The Morgan fingerprint density at radius 3 is 2.80 bits per heavy atom. The summed E-state index contributed by atoms with van der Waals surface area (Å²) in [6.07, 6.45) is 3.57. The number of thiocarbonyl (C=S) groups is 1. The van der Waals surface area contributed by atoms with E-state index in [1.54, 1.807) is 6.20 Å². The zero-order valence-electron chi connectivity index (χ0n) is 13.9. The first-order chi connectivity index (χ1) is 12.1. The summed E-state index contributed by atoms with van der Waals surface area (Å²) < 4.78 is 5.37. The molecule has 0 atom stereocenters. The van der Waals surface area contributed by atoms with E-state index < -0.39 is 0 Å². The van der Waals surface area contributed by atoms with Crippen LogP contribution in [0, 0.1) is 6.92 Å². The monoisotopic (exact) mass is 353 g/mol. The summed E-state index contributed by atoms with van der Waals surface area (Å²) in [7, 11) is 0. The first-order valence-corrected chi connectivity index (χ1v) is 8.40. The van der Waals surface area contributed by atoms with Gasteiger partial charge in [-0.1, -0.05) is 30.4 Å². The highest BCUT2D eigenvalue weighted by molar-refractivity contribution is 7.81. The molecular weight excluding hydrogens is 334 g/mol. The van der Waals surface area contributed by atoms with Crippen molar-refractivity contribution in [2.45, 2.75) is 13.5 Å². The lowest BCUT2D eigenvalue weighted by atomic mass is 10.1. The summed E-state index contributed by atoms with van der Waals surface area (Å²) in [5, 5.41) is 6.43. The van der Waals surface area contributed by atoms with Gasteiger partial charge in [-0.2, -0.15) is 0 Å². The van der Waals surface area contributed by atoms with Gasteiger partial charge < -0.3 is 15.4 Å². The predicted molar refractivity (Wildman–Crippen MR) is 101 cm³/mol. The molecule has 128 valence electrons. The van der Waals surface area contributed by atoms with Crippen LogP contribution in [0.2, 0.25) is 0 Å². The van der Waals surface area contributed by atoms with Crippen molar-refractivity contribution in [3.63, 3.8) is 0 Å². The number of carbonyl (C=O) groups excluding carboxylic acids is 1. The highest BCUT2D eigenvalue weighted by Crippen LogP contribution is 2.17. The Balaban J connectivity index is 1.79. The Bertz CT molecular complexity index is 818. The molecule has 0 radical (unpaired) electrons. The van der Waals surface area contributed by atoms with Crippen molar-refractivity contribution in [2.75, 3.05) is 18.5 Å². The number of carbonyl (C=O) groups is 1. The minimum atomic E-state index is -0.117. The number of ketones is 1. The fraction of sp³-hybridized carbons (Fsp3) is 0.211. The molecule has 1 aromatic carbocycles. The maximum Gasteiger partial charge on any atom is 0.193 e. The number of pyridine rings is 1. The number of nitrogens with zero attached hydrogens (tertiary/aromatic N) is 1. The van der Waals surface area contributed by atoms with Gasteiger partial charge in [-0.3, -0.25) is 9.78 Å². The van der Waals surface area contributed by atoms with Gasteiger partial charge in [-0.25, -0.2) is 0 Å². The number of Topliss-reactive ketones (excluding diaryl/α,β-unsaturated/α-hetero) is 1. The van der Waals surface area contributed by atoms with E-state index in [0.29, 0.717) is 29.4 Å². The van der Waals surface area contributed by atoms with E-state index in [4.69, 9.17) is 17.0 Å². The molecule has 1 aromatic heterocycles. The Hall–Kier alpha value is -2.57. The van der Waals surface area contributed by atoms with E-state index >= 15 is 0 Å². The summed E-state index contributed by atoms with van der Waals surface area (Å²) in [6, 6.07) is 11.5. The number of hydrogen-bond donors (Lipinski definition) is 2. The van der Waals surface area contributed by atoms with Crippen molar-refractivity contribution in [2.24, 2.45) is 0 Å². The van der Waals surface area contributed by atoms with Crippen LogP contribution in [0.25, 0.3) is 0 Å². The Morgan fingerprint density at radius 1 is 1.24 bits per heavy atom. The largest absolute Gasteiger partial charge is 0.382 e. The van der Waals surface area contributed by atoms with Crippen LogP contribution in [0.1, 0.15) is 11.1 Å². The van der Waals surface area contributed by atoms with Crippen LogP contribution in [-0.2, 0) is 16.1 Å². The van der Waals surface area contributed by atoms with Crippen molar-refractivity contribution >= 4 is 28.7 Å². The van der Waals surface area contributed by atoms with Gasteiger partial charge >= 0.3 is 0 Å². The molecular formula is C19H19N3O2S. The molecule has 3 rings (SSSR count). The highest BCUT2D eigenvalue weighted by Gasteiger charge is 2.24. The van der Waals surface area contributed by atoms with Gasteiger partial charge in [-0.15, -0.1) is 0 Å². The van der Waals surface area contributed by atoms with E-state index in [1.807, 2.05) is 49.5 Å². The average Bonchev–Trinajstić information content (AvgIpc) is 2.62. The molecule has 0 amide bonds. The van der Waals surface area contributed by atoms with Gasteiger partial charge in [0, 0.05) is 24.6 Å². The molecule has 2 heterocycles. The number of hydrogen-bond acceptors (Lipinski definition) is 5. The molecule has 6 heteroatoms. The normalized spacial score (nSPS) is 14.4. The number of ether oxygens (including phenoxy) is 1.